The van der Waals surface area contributed by atoms with E-state index in [9.17, 15) is 0 Å². The number of nitrogens with zero attached hydrogens (tertiary/aromatic N) is 3. The molecule has 1 aromatic heterocycles. The van der Waals surface area contributed by atoms with Crippen molar-refractivity contribution in [3.63, 3.8) is 0 Å². The predicted octanol–water partition coefficient (Wildman–Crippen LogP) is 1.43. The molecule has 0 N–H and O–H groups in total. The number of alkyl halides is 1. The fourth-order valence-corrected chi connectivity index (χ4v) is 0.989. The number of halogens is 1. The van der Waals surface area contributed by atoms with E-state index < -0.39 is 0 Å². The van der Waals surface area contributed by atoms with Crippen molar-refractivity contribution in [3.05, 3.63) is 11.9 Å². The van der Waals surface area contributed by atoms with Crippen LogP contribution in [-0.4, -0.2) is 15.0 Å². The molecule has 0 unspecified atom stereocenters. The van der Waals surface area contributed by atoms with Crippen molar-refractivity contribution in [2.45, 2.75) is 25.8 Å². The van der Waals surface area contributed by atoms with E-state index in [1.54, 1.807) is 6.20 Å². The molecule has 1 heterocycles. The van der Waals surface area contributed by atoms with Gasteiger partial charge in [-0.05, 0) is 6.42 Å². The summed E-state index contributed by atoms with van der Waals surface area (Å²) < 4.78 is 1.83. The van der Waals surface area contributed by atoms with Crippen LogP contribution < -0.4 is 0 Å². The van der Waals surface area contributed by atoms with Crippen LogP contribution in [0.1, 0.15) is 19.0 Å². The second kappa shape index (κ2) is 3.56. The Morgan fingerprint density at radius 2 is 2.50 bits per heavy atom. The molecule has 1 rings (SSSR count). The first-order chi connectivity index (χ1) is 4.88. The highest BCUT2D eigenvalue weighted by Crippen LogP contribution is 2.00. The van der Waals surface area contributed by atoms with E-state index in [1.807, 2.05) is 4.68 Å². The SMILES string of the molecule is CCCn1nncc1CCl. The third-order valence-electron chi connectivity index (χ3n) is 1.27. The van der Waals surface area contributed by atoms with Crippen LogP contribution in [0.2, 0.25) is 0 Å². The third-order valence-corrected chi connectivity index (χ3v) is 1.54. The first-order valence-electron chi connectivity index (χ1n) is 3.31. The van der Waals surface area contributed by atoms with Crippen LogP contribution in [0.25, 0.3) is 0 Å². The molecule has 0 amide bonds. The first kappa shape index (κ1) is 7.54. The summed E-state index contributed by atoms with van der Waals surface area (Å²) >= 11 is 5.61. The number of aryl methyl sites for hydroxylation is 1. The van der Waals surface area contributed by atoms with Crippen LogP contribution in [0.15, 0.2) is 6.20 Å². The van der Waals surface area contributed by atoms with Gasteiger partial charge in [0.15, 0.2) is 0 Å². The van der Waals surface area contributed by atoms with Crippen molar-refractivity contribution < 1.29 is 0 Å². The molecule has 0 atom stereocenters. The Labute approximate surface area is 65.0 Å². The number of hydrogen-bond acceptors (Lipinski definition) is 2. The summed E-state index contributed by atoms with van der Waals surface area (Å²) in [5, 5.41) is 7.60. The highest BCUT2D eigenvalue weighted by molar-refractivity contribution is 6.16. The molecule has 0 saturated heterocycles. The lowest BCUT2D eigenvalue weighted by molar-refractivity contribution is 0.564. The zero-order valence-electron chi connectivity index (χ0n) is 5.92. The van der Waals surface area contributed by atoms with E-state index in [0.29, 0.717) is 5.88 Å². The lowest BCUT2D eigenvalue weighted by Crippen LogP contribution is -2.02. The van der Waals surface area contributed by atoms with Gasteiger partial charge >= 0.3 is 0 Å². The van der Waals surface area contributed by atoms with Gasteiger partial charge in [0.25, 0.3) is 0 Å². The summed E-state index contributed by atoms with van der Waals surface area (Å²) in [6.45, 7) is 3.00. The van der Waals surface area contributed by atoms with Gasteiger partial charge in [0.05, 0.1) is 17.8 Å². The van der Waals surface area contributed by atoms with E-state index in [1.165, 1.54) is 0 Å². The van der Waals surface area contributed by atoms with Gasteiger partial charge in [-0.3, -0.25) is 0 Å². The predicted molar refractivity (Wildman–Crippen MR) is 39.9 cm³/mol. The van der Waals surface area contributed by atoms with Gasteiger partial charge in [0, 0.05) is 6.54 Å². The minimum atomic E-state index is 0.493. The fourth-order valence-electron chi connectivity index (χ4n) is 0.783. The fraction of sp³-hybridized carbons (Fsp3) is 0.667. The van der Waals surface area contributed by atoms with Gasteiger partial charge in [-0.1, -0.05) is 12.1 Å². The van der Waals surface area contributed by atoms with Gasteiger partial charge in [0.1, 0.15) is 0 Å². The number of rotatable bonds is 3. The summed E-state index contributed by atoms with van der Waals surface area (Å²) in [5.74, 6) is 0.493. The third kappa shape index (κ3) is 1.48. The number of hydrogen-bond donors (Lipinski definition) is 0. The Morgan fingerprint density at radius 3 is 3.10 bits per heavy atom. The maximum Gasteiger partial charge on any atom is 0.0737 e. The highest BCUT2D eigenvalue weighted by Gasteiger charge is 1.98. The van der Waals surface area contributed by atoms with Crippen molar-refractivity contribution in [3.8, 4) is 0 Å². The van der Waals surface area contributed by atoms with Crippen LogP contribution in [0.4, 0.5) is 0 Å². The number of aromatic nitrogens is 3. The van der Waals surface area contributed by atoms with E-state index in [-0.39, 0.29) is 0 Å². The Bertz CT molecular complexity index is 197. The molecule has 10 heavy (non-hydrogen) atoms. The molecule has 0 fully saturated rings. The Balaban J connectivity index is 2.70. The Hall–Kier alpha value is -0.570. The highest BCUT2D eigenvalue weighted by atomic mass is 35.5. The summed E-state index contributed by atoms with van der Waals surface area (Å²) in [7, 11) is 0. The average Bonchev–Trinajstić information content (AvgIpc) is 2.36. The van der Waals surface area contributed by atoms with Gasteiger partial charge in [0.2, 0.25) is 0 Å². The first-order valence-corrected chi connectivity index (χ1v) is 3.85. The maximum atomic E-state index is 5.61. The summed E-state index contributed by atoms with van der Waals surface area (Å²) in [4.78, 5) is 0. The molecule has 1 aromatic rings. The standard InChI is InChI=1S/C6H10ClN3/c1-2-3-10-6(4-7)5-8-9-10/h5H,2-4H2,1H3. The molecule has 0 aliphatic carbocycles. The van der Waals surface area contributed by atoms with E-state index in [4.69, 9.17) is 11.6 Å². The topological polar surface area (TPSA) is 30.7 Å². The second-order valence-corrected chi connectivity index (χ2v) is 2.35. The molecular weight excluding hydrogens is 150 g/mol. The van der Waals surface area contributed by atoms with Crippen molar-refractivity contribution >= 4 is 11.6 Å². The minimum Gasteiger partial charge on any atom is -0.248 e. The molecule has 0 saturated carbocycles. The summed E-state index contributed by atoms with van der Waals surface area (Å²) in [6.07, 6.45) is 2.76. The molecule has 0 aromatic carbocycles. The normalized spacial score (nSPS) is 10.2. The lowest BCUT2D eigenvalue weighted by Gasteiger charge is -1.98. The van der Waals surface area contributed by atoms with Crippen molar-refractivity contribution in [1.82, 2.24) is 15.0 Å². The zero-order valence-corrected chi connectivity index (χ0v) is 6.67. The molecule has 0 radical (unpaired) electrons. The van der Waals surface area contributed by atoms with Crippen LogP contribution in [0.5, 0.6) is 0 Å². The van der Waals surface area contributed by atoms with Crippen LogP contribution in [0, 0.1) is 0 Å². The monoisotopic (exact) mass is 159 g/mol. The van der Waals surface area contributed by atoms with Gasteiger partial charge in [-0.15, -0.1) is 16.7 Å². The van der Waals surface area contributed by atoms with Gasteiger partial charge < -0.3 is 0 Å². The second-order valence-electron chi connectivity index (χ2n) is 2.08. The molecular formula is C6H10ClN3. The molecule has 0 spiro atoms. The Kier molecular flexibility index (Phi) is 2.68. The zero-order chi connectivity index (χ0) is 7.40. The largest absolute Gasteiger partial charge is 0.248 e. The van der Waals surface area contributed by atoms with Crippen molar-refractivity contribution in [2.75, 3.05) is 0 Å². The van der Waals surface area contributed by atoms with Gasteiger partial charge in [-0.2, -0.15) is 0 Å². The Morgan fingerprint density at radius 1 is 1.70 bits per heavy atom. The van der Waals surface area contributed by atoms with Crippen molar-refractivity contribution in [1.29, 1.82) is 0 Å². The minimum absolute atomic E-state index is 0.493. The maximum absolute atomic E-state index is 5.61. The molecule has 3 nitrogen and oxygen atoms in total. The van der Waals surface area contributed by atoms with Crippen LogP contribution in [-0.2, 0) is 12.4 Å². The molecule has 0 aliphatic heterocycles. The lowest BCUT2D eigenvalue weighted by atomic mass is 10.4. The van der Waals surface area contributed by atoms with Crippen molar-refractivity contribution in [2.24, 2.45) is 0 Å². The molecule has 0 bridgehead atoms. The van der Waals surface area contributed by atoms with Crippen LogP contribution >= 0.6 is 11.6 Å². The average molecular weight is 160 g/mol. The van der Waals surface area contributed by atoms with E-state index in [0.717, 1.165) is 18.7 Å². The summed E-state index contributed by atoms with van der Waals surface area (Å²) in [6, 6.07) is 0. The van der Waals surface area contributed by atoms with E-state index >= 15 is 0 Å². The van der Waals surface area contributed by atoms with Crippen LogP contribution in [0.3, 0.4) is 0 Å². The molecule has 4 heteroatoms. The molecule has 0 aliphatic rings. The molecule has 56 valence electrons. The van der Waals surface area contributed by atoms with Gasteiger partial charge in [-0.25, -0.2) is 4.68 Å². The smallest absolute Gasteiger partial charge is 0.0737 e. The summed E-state index contributed by atoms with van der Waals surface area (Å²) in [5.41, 5.74) is 0.989. The quantitative estimate of drug-likeness (QED) is 0.625. The van der Waals surface area contributed by atoms with E-state index in [2.05, 4.69) is 17.2 Å².